The van der Waals surface area contributed by atoms with Gasteiger partial charge in [-0.3, -0.25) is 14.4 Å². The summed E-state index contributed by atoms with van der Waals surface area (Å²) >= 11 is 0. The molecule has 0 aliphatic heterocycles. The molecule has 0 N–H and O–H groups in total. The Hall–Kier alpha value is -3.67. The van der Waals surface area contributed by atoms with Crippen molar-refractivity contribution in [1.82, 2.24) is 0 Å². The van der Waals surface area contributed by atoms with Crippen LogP contribution in [0.4, 0.5) is 0 Å². The summed E-state index contributed by atoms with van der Waals surface area (Å²) in [5, 5.41) is 0. The van der Waals surface area contributed by atoms with E-state index in [-0.39, 0.29) is 31.1 Å². The maximum absolute atomic E-state index is 12.8. The lowest BCUT2D eigenvalue weighted by atomic mass is 10.1. The zero-order valence-electron chi connectivity index (χ0n) is 41.5. The van der Waals surface area contributed by atoms with Gasteiger partial charge in [0.1, 0.15) is 13.2 Å². The fraction of sp³-hybridized carbons (Fsp3) is 0.672. The Morgan fingerprint density at radius 2 is 0.688 bits per heavy atom. The highest BCUT2D eigenvalue weighted by molar-refractivity contribution is 5.71. The molecule has 1 atom stereocenters. The van der Waals surface area contributed by atoms with Gasteiger partial charge in [0.05, 0.1) is 0 Å². The van der Waals surface area contributed by atoms with Crippen LogP contribution < -0.4 is 0 Å². The molecule has 0 saturated heterocycles. The van der Waals surface area contributed by atoms with E-state index < -0.39 is 6.10 Å². The fourth-order valence-electron chi connectivity index (χ4n) is 6.94. The molecule has 0 rings (SSSR count). The summed E-state index contributed by atoms with van der Waals surface area (Å²) in [5.41, 5.74) is 0. The molecule has 364 valence electrons. The van der Waals surface area contributed by atoms with E-state index in [1.807, 2.05) is 0 Å². The summed E-state index contributed by atoms with van der Waals surface area (Å²) in [6, 6.07) is 0. The summed E-state index contributed by atoms with van der Waals surface area (Å²) in [7, 11) is 0. The van der Waals surface area contributed by atoms with Crippen LogP contribution in [0.25, 0.3) is 0 Å². The minimum Gasteiger partial charge on any atom is -0.462 e. The standard InChI is InChI=1S/C58H96O6/c1-4-7-10-13-16-19-21-23-25-27-29-31-32-34-36-39-42-45-48-51-57(60)63-54-55(53-62-56(59)50-47-44-41-38-18-15-12-9-6-3)64-58(61)52-49-46-43-40-37-35-33-30-28-26-24-22-20-17-14-11-8-5-2/h7,10,16-17,19-20,22-26,28,30,33,38,41,55H,4-6,8-9,11-15,18,21,27,29,31-32,34-37,39-40,42-54H2,1-3H3/b10-7-,19-16-,20-17-,24-22-,25-23-,28-26-,33-30-,41-38-. The van der Waals surface area contributed by atoms with E-state index in [4.69, 9.17) is 14.2 Å². The zero-order valence-corrected chi connectivity index (χ0v) is 41.5. The Labute approximate surface area is 394 Å². The number of carbonyl (C=O) groups excluding carboxylic acids is 3. The van der Waals surface area contributed by atoms with Gasteiger partial charge in [0, 0.05) is 19.3 Å². The lowest BCUT2D eigenvalue weighted by Crippen LogP contribution is -2.30. The second-order valence-electron chi connectivity index (χ2n) is 17.1. The first-order chi connectivity index (χ1) is 31.5. The molecule has 0 aromatic heterocycles. The monoisotopic (exact) mass is 889 g/mol. The van der Waals surface area contributed by atoms with Crippen LogP contribution in [0.2, 0.25) is 0 Å². The van der Waals surface area contributed by atoms with E-state index >= 15 is 0 Å². The quantitative estimate of drug-likeness (QED) is 0.0199. The van der Waals surface area contributed by atoms with Crippen molar-refractivity contribution < 1.29 is 28.6 Å². The summed E-state index contributed by atoms with van der Waals surface area (Å²) in [5.74, 6) is -0.968. The second kappa shape index (κ2) is 52.0. The molecule has 0 fully saturated rings. The van der Waals surface area contributed by atoms with E-state index in [1.165, 1.54) is 89.9 Å². The molecule has 0 spiro atoms. The number of hydrogen-bond donors (Lipinski definition) is 0. The molecule has 64 heavy (non-hydrogen) atoms. The first kappa shape index (κ1) is 60.3. The molecule has 1 unspecified atom stereocenters. The Bertz CT molecular complexity index is 1300. The van der Waals surface area contributed by atoms with Gasteiger partial charge < -0.3 is 14.2 Å². The number of ether oxygens (including phenoxy) is 3. The van der Waals surface area contributed by atoms with Crippen LogP contribution in [0.15, 0.2) is 97.2 Å². The molecule has 0 radical (unpaired) electrons. The molecule has 0 aromatic rings. The summed E-state index contributed by atoms with van der Waals surface area (Å²) < 4.78 is 16.7. The highest BCUT2D eigenvalue weighted by Gasteiger charge is 2.19. The van der Waals surface area contributed by atoms with E-state index in [0.29, 0.717) is 25.7 Å². The Kier molecular flexibility index (Phi) is 49.0. The van der Waals surface area contributed by atoms with Crippen LogP contribution in [0, 0.1) is 0 Å². The van der Waals surface area contributed by atoms with Gasteiger partial charge in [-0.1, -0.05) is 214 Å². The molecule has 0 amide bonds. The minimum absolute atomic E-state index is 0.0996. The molecule has 0 heterocycles. The summed E-state index contributed by atoms with van der Waals surface area (Å²) in [6.45, 7) is 6.40. The largest absolute Gasteiger partial charge is 0.462 e. The third-order valence-corrected chi connectivity index (χ3v) is 10.9. The topological polar surface area (TPSA) is 78.9 Å². The molecule has 0 aliphatic carbocycles. The predicted molar refractivity (Wildman–Crippen MR) is 274 cm³/mol. The van der Waals surface area contributed by atoms with Crippen LogP contribution in [-0.2, 0) is 28.6 Å². The predicted octanol–water partition coefficient (Wildman–Crippen LogP) is 17.4. The van der Waals surface area contributed by atoms with Gasteiger partial charge in [-0.2, -0.15) is 0 Å². The molecule has 0 aliphatic rings. The van der Waals surface area contributed by atoms with Gasteiger partial charge in [0.15, 0.2) is 6.10 Å². The Morgan fingerprint density at radius 1 is 0.344 bits per heavy atom. The normalized spacial score (nSPS) is 12.9. The van der Waals surface area contributed by atoms with Crippen LogP contribution in [0.3, 0.4) is 0 Å². The summed E-state index contributed by atoms with van der Waals surface area (Å²) in [6.07, 6.45) is 68.3. The number of hydrogen-bond acceptors (Lipinski definition) is 6. The third kappa shape index (κ3) is 49.3. The smallest absolute Gasteiger partial charge is 0.306 e. The van der Waals surface area contributed by atoms with Gasteiger partial charge in [-0.05, 0) is 96.3 Å². The van der Waals surface area contributed by atoms with Crippen LogP contribution >= 0.6 is 0 Å². The molecule has 0 aromatic carbocycles. The van der Waals surface area contributed by atoms with Crippen molar-refractivity contribution in [2.24, 2.45) is 0 Å². The highest BCUT2D eigenvalue weighted by Crippen LogP contribution is 2.14. The number of allylic oxidation sites excluding steroid dienone is 16. The average Bonchev–Trinajstić information content (AvgIpc) is 3.29. The number of rotatable bonds is 46. The van der Waals surface area contributed by atoms with Crippen LogP contribution in [-0.4, -0.2) is 37.2 Å². The van der Waals surface area contributed by atoms with Crippen molar-refractivity contribution in [2.45, 2.75) is 239 Å². The van der Waals surface area contributed by atoms with Gasteiger partial charge in [-0.15, -0.1) is 0 Å². The number of esters is 3. The number of unbranched alkanes of at least 4 members (excludes halogenated alkanes) is 22. The molecular weight excluding hydrogens is 793 g/mol. The highest BCUT2D eigenvalue weighted by atomic mass is 16.6. The van der Waals surface area contributed by atoms with E-state index in [2.05, 4.69) is 118 Å². The van der Waals surface area contributed by atoms with Gasteiger partial charge >= 0.3 is 17.9 Å². The summed E-state index contributed by atoms with van der Waals surface area (Å²) in [4.78, 5) is 37.9. The van der Waals surface area contributed by atoms with Crippen molar-refractivity contribution in [1.29, 1.82) is 0 Å². The van der Waals surface area contributed by atoms with Crippen molar-refractivity contribution in [3.05, 3.63) is 97.2 Å². The van der Waals surface area contributed by atoms with E-state index in [0.717, 1.165) is 96.3 Å². The van der Waals surface area contributed by atoms with Crippen molar-refractivity contribution >= 4 is 17.9 Å². The maximum atomic E-state index is 12.8. The molecular formula is C58H96O6. The average molecular weight is 889 g/mol. The van der Waals surface area contributed by atoms with E-state index in [1.54, 1.807) is 0 Å². The lowest BCUT2D eigenvalue weighted by Gasteiger charge is -2.18. The third-order valence-electron chi connectivity index (χ3n) is 10.9. The number of carbonyl (C=O) groups is 3. The fourth-order valence-corrected chi connectivity index (χ4v) is 6.94. The lowest BCUT2D eigenvalue weighted by molar-refractivity contribution is -0.167. The first-order valence-corrected chi connectivity index (χ1v) is 26.3. The molecule has 6 nitrogen and oxygen atoms in total. The van der Waals surface area contributed by atoms with Gasteiger partial charge in [0.2, 0.25) is 0 Å². The molecule has 6 heteroatoms. The van der Waals surface area contributed by atoms with Crippen molar-refractivity contribution in [3.63, 3.8) is 0 Å². The van der Waals surface area contributed by atoms with Crippen molar-refractivity contribution in [2.75, 3.05) is 13.2 Å². The SMILES string of the molecule is CC/C=C\C/C=C\C/C=C\CCCCCCCCCCCC(=O)OCC(COC(=O)CCC/C=C\CCCCCC)OC(=O)CCCCCCC\C=C/C=C\C=C/C=C\CCCCC. The Balaban J connectivity index is 4.40. The zero-order chi connectivity index (χ0) is 46.5. The van der Waals surface area contributed by atoms with Crippen LogP contribution in [0.5, 0.6) is 0 Å². The van der Waals surface area contributed by atoms with E-state index in [9.17, 15) is 14.4 Å². The Morgan fingerprint density at radius 3 is 1.20 bits per heavy atom. The molecule has 0 bridgehead atoms. The van der Waals surface area contributed by atoms with Gasteiger partial charge in [-0.25, -0.2) is 0 Å². The maximum Gasteiger partial charge on any atom is 0.306 e. The van der Waals surface area contributed by atoms with Crippen molar-refractivity contribution in [3.8, 4) is 0 Å². The second-order valence-corrected chi connectivity index (χ2v) is 17.1. The molecule has 0 saturated carbocycles. The van der Waals surface area contributed by atoms with Crippen LogP contribution in [0.1, 0.15) is 233 Å². The minimum atomic E-state index is -0.803. The van der Waals surface area contributed by atoms with Gasteiger partial charge in [0.25, 0.3) is 0 Å². The first-order valence-electron chi connectivity index (χ1n) is 26.3.